The summed E-state index contributed by atoms with van der Waals surface area (Å²) in [5.74, 6) is -0.425. The van der Waals surface area contributed by atoms with Gasteiger partial charge in [-0.05, 0) is 42.8 Å². The zero-order valence-corrected chi connectivity index (χ0v) is 11.9. The molecule has 104 valence electrons. The van der Waals surface area contributed by atoms with Gasteiger partial charge in [0.1, 0.15) is 0 Å². The van der Waals surface area contributed by atoms with Crippen LogP contribution in [0.15, 0.2) is 36.4 Å². The van der Waals surface area contributed by atoms with Gasteiger partial charge >= 0.3 is 0 Å². The Bertz CT molecular complexity index is 644. The van der Waals surface area contributed by atoms with E-state index in [1.165, 1.54) is 0 Å². The van der Waals surface area contributed by atoms with Crippen molar-refractivity contribution in [1.29, 1.82) is 0 Å². The Labute approximate surface area is 122 Å². The quantitative estimate of drug-likeness (QED) is 0.859. The second kappa shape index (κ2) is 5.92. The van der Waals surface area contributed by atoms with Crippen molar-refractivity contribution in [2.75, 3.05) is 0 Å². The third-order valence-corrected chi connectivity index (χ3v) is 3.44. The fourth-order valence-electron chi connectivity index (χ4n) is 2.03. The molecule has 0 saturated carbocycles. The van der Waals surface area contributed by atoms with E-state index in [-0.39, 0.29) is 18.1 Å². The number of nitrogens with two attached hydrogens (primary N) is 1. The lowest BCUT2D eigenvalue weighted by atomic mass is 10.1. The first-order chi connectivity index (χ1) is 9.49. The number of hydrogen-bond donors (Lipinski definition) is 1. The molecule has 0 spiro atoms. The second-order valence-corrected chi connectivity index (χ2v) is 5.01. The van der Waals surface area contributed by atoms with Crippen molar-refractivity contribution in [3.05, 3.63) is 58.4 Å². The predicted octanol–water partition coefficient (Wildman–Crippen LogP) is 2.33. The Balaban J connectivity index is 2.22. The van der Waals surface area contributed by atoms with Crippen molar-refractivity contribution in [1.82, 2.24) is 4.57 Å². The normalized spacial score (nSPS) is 10.5. The molecule has 0 unspecified atom stereocenters. The predicted molar refractivity (Wildman–Crippen MR) is 77.8 cm³/mol. The number of amides is 1. The summed E-state index contributed by atoms with van der Waals surface area (Å²) in [6.07, 6.45) is 0.798. The van der Waals surface area contributed by atoms with E-state index in [1.807, 2.05) is 6.07 Å². The minimum atomic E-state index is -0.350. The number of benzene rings is 1. The molecule has 0 radical (unpaired) electrons. The molecule has 0 fully saturated rings. The zero-order valence-electron chi connectivity index (χ0n) is 11.1. The average molecular weight is 291 g/mol. The fraction of sp³-hybridized carbons (Fsp3) is 0.200. The van der Waals surface area contributed by atoms with Crippen LogP contribution in [0.1, 0.15) is 28.2 Å². The summed E-state index contributed by atoms with van der Waals surface area (Å²) >= 11 is 5.81. The van der Waals surface area contributed by atoms with Crippen molar-refractivity contribution < 1.29 is 9.59 Å². The first-order valence-corrected chi connectivity index (χ1v) is 6.60. The van der Waals surface area contributed by atoms with Gasteiger partial charge in [-0.2, -0.15) is 0 Å². The van der Waals surface area contributed by atoms with E-state index >= 15 is 0 Å². The Hall–Kier alpha value is -2.07. The van der Waals surface area contributed by atoms with Crippen molar-refractivity contribution >= 4 is 23.3 Å². The number of nitrogens with zero attached hydrogens (tertiary/aromatic N) is 1. The average Bonchev–Trinajstić information content (AvgIpc) is 2.78. The topological polar surface area (TPSA) is 65.1 Å². The Morgan fingerprint density at radius 1 is 1.15 bits per heavy atom. The molecule has 1 amide bonds. The molecular formula is C15H15ClN2O2. The van der Waals surface area contributed by atoms with Crippen molar-refractivity contribution in [2.24, 2.45) is 12.8 Å². The van der Waals surface area contributed by atoms with Gasteiger partial charge in [-0.1, -0.05) is 11.6 Å². The Morgan fingerprint density at radius 3 is 2.40 bits per heavy atom. The molecular weight excluding hydrogens is 276 g/mol. The van der Waals surface area contributed by atoms with Crippen LogP contribution in [0.4, 0.5) is 0 Å². The van der Waals surface area contributed by atoms with Gasteiger partial charge < -0.3 is 10.3 Å². The highest BCUT2D eigenvalue weighted by molar-refractivity contribution is 6.30. The first-order valence-electron chi connectivity index (χ1n) is 6.22. The van der Waals surface area contributed by atoms with E-state index in [9.17, 15) is 9.59 Å². The van der Waals surface area contributed by atoms with Crippen molar-refractivity contribution in [2.45, 2.75) is 12.8 Å². The third-order valence-electron chi connectivity index (χ3n) is 3.19. The van der Waals surface area contributed by atoms with E-state index in [2.05, 4.69) is 0 Å². The maximum Gasteiger partial charge on any atom is 0.217 e. The minimum absolute atomic E-state index is 0.0745. The number of ketones is 1. The van der Waals surface area contributed by atoms with Gasteiger partial charge in [0.25, 0.3) is 0 Å². The first kappa shape index (κ1) is 14.3. The van der Waals surface area contributed by atoms with E-state index in [4.69, 9.17) is 17.3 Å². The van der Waals surface area contributed by atoms with Crippen LogP contribution in [0.2, 0.25) is 5.02 Å². The smallest absolute Gasteiger partial charge is 0.217 e. The van der Waals surface area contributed by atoms with Gasteiger partial charge in [-0.25, -0.2) is 0 Å². The molecule has 0 saturated heterocycles. The van der Waals surface area contributed by atoms with Crippen molar-refractivity contribution in [3.8, 4) is 0 Å². The zero-order chi connectivity index (χ0) is 14.7. The molecule has 1 aromatic heterocycles. The highest BCUT2D eigenvalue weighted by Gasteiger charge is 2.14. The van der Waals surface area contributed by atoms with Gasteiger partial charge in [0.15, 0.2) is 0 Å². The molecule has 0 aliphatic rings. The number of carbonyl (C=O) groups is 2. The third kappa shape index (κ3) is 3.08. The SMILES string of the molecule is Cn1c(CCC(N)=O)ccc1C(=O)c1ccc(Cl)cc1. The summed E-state index contributed by atoms with van der Waals surface area (Å²) < 4.78 is 1.79. The lowest BCUT2D eigenvalue weighted by molar-refractivity contribution is -0.118. The van der Waals surface area contributed by atoms with Crippen LogP contribution in [0.25, 0.3) is 0 Å². The van der Waals surface area contributed by atoms with E-state index in [1.54, 1.807) is 41.9 Å². The lowest BCUT2D eigenvalue weighted by Gasteiger charge is -2.06. The molecule has 1 aromatic carbocycles. The monoisotopic (exact) mass is 290 g/mol. The molecule has 0 aliphatic carbocycles. The van der Waals surface area contributed by atoms with Crippen LogP contribution < -0.4 is 5.73 Å². The summed E-state index contributed by atoms with van der Waals surface area (Å²) in [5, 5.41) is 0.593. The summed E-state index contributed by atoms with van der Waals surface area (Å²) in [7, 11) is 1.81. The maximum absolute atomic E-state index is 12.4. The number of hydrogen-bond acceptors (Lipinski definition) is 2. The molecule has 2 rings (SSSR count). The molecule has 0 aliphatic heterocycles. The molecule has 2 N–H and O–H groups in total. The molecule has 5 heteroatoms. The van der Waals surface area contributed by atoms with Crippen LogP contribution in [0.5, 0.6) is 0 Å². The maximum atomic E-state index is 12.4. The van der Waals surface area contributed by atoms with E-state index < -0.39 is 0 Å². The van der Waals surface area contributed by atoms with Crippen LogP contribution in [0.3, 0.4) is 0 Å². The molecule has 0 bridgehead atoms. The summed E-state index contributed by atoms with van der Waals surface area (Å²) in [5.41, 5.74) is 7.19. The lowest BCUT2D eigenvalue weighted by Crippen LogP contribution is -2.13. The van der Waals surface area contributed by atoms with Gasteiger partial charge in [0.05, 0.1) is 5.69 Å². The summed E-state index contributed by atoms with van der Waals surface area (Å²) in [4.78, 5) is 23.2. The molecule has 0 atom stereocenters. The van der Waals surface area contributed by atoms with Gasteiger partial charge in [0, 0.05) is 29.7 Å². The van der Waals surface area contributed by atoms with E-state index in [0.717, 1.165) is 5.69 Å². The number of aromatic nitrogens is 1. The Kier molecular flexibility index (Phi) is 4.25. The van der Waals surface area contributed by atoms with Crippen LogP contribution in [-0.2, 0) is 18.3 Å². The van der Waals surface area contributed by atoms with Gasteiger partial charge in [0.2, 0.25) is 11.7 Å². The van der Waals surface area contributed by atoms with Gasteiger partial charge in [-0.15, -0.1) is 0 Å². The minimum Gasteiger partial charge on any atom is -0.370 e. The number of primary amides is 1. The largest absolute Gasteiger partial charge is 0.370 e. The molecule has 1 heterocycles. The molecule has 4 nitrogen and oxygen atoms in total. The molecule has 2 aromatic rings. The number of rotatable bonds is 5. The summed E-state index contributed by atoms with van der Waals surface area (Å²) in [6.45, 7) is 0. The van der Waals surface area contributed by atoms with Crippen molar-refractivity contribution in [3.63, 3.8) is 0 Å². The van der Waals surface area contributed by atoms with Crippen LogP contribution in [0, 0.1) is 0 Å². The number of halogens is 1. The number of aryl methyl sites for hydroxylation is 1. The van der Waals surface area contributed by atoms with Crippen LogP contribution >= 0.6 is 11.6 Å². The fourth-order valence-corrected chi connectivity index (χ4v) is 2.16. The van der Waals surface area contributed by atoms with E-state index in [0.29, 0.717) is 22.7 Å². The highest BCUT2D eigenvalue weighted by atomic mass is 35.5. The molecule has 20 heavy (non-hydrogen) atoms. The van der Waals surface area contributed by atoms with Crippen LogP contribution in [-0.4, -0.2) is 16.3 Å². The number of carbonyl (C=O) groups excluding carboxylic acids is 2. The summed E-state index contributed by atoms with van der Waals surface area (Å²) in [6, 6.07) is 10.4. The standard InChI is InChI=1S/C15H15ClN2O2/c1-18-12(7-9-14(17)19)6-8-13(18)15(20)10-2-4-11(16)5-3-10/h2-6,8H,7,9H2,1H3,(H2,17,19). The van der Waals surface area contributed by atoms with Gasteiger partial charge in [-0.3, -0.25) is 9.59 Å². The Morgan fingerprint density at radius 2 is 1.80 bits per heavy atom. The highest BCUT2D eigenvalue weighted by Crippen LogP contribution is 2.16. The second-order valence-electron chi connectivity index (χ2n) is 4.57.